The van der Waals surface area contributed by atoms with Gasteiger partial charge in [-0.05, 0) is 24.0 Å². The second kappa shape index (κ2) is 5.54. The number of hydrogen-bond donors (Lipinski definition) is 1. The molecule has 3 unspecified atom stereocenters. The van der Waals surface area contributed by atoms with E-state index in [0.29, 0.717) is 12.8 Å². The van der Waals surface area contributed by atoms with E-state index in [1.807, 2.05) is 0 Å². The summed E-state index contributed by atoms with van der Waals surface area (Å²) in [7, 11) is 0. The fourth-order valence-electron chi connectivity index (χ4n) is 3.48. The van der Waals surface area contributed by atoms with Crippen LogP contribution < -0.4 is 0 Å². The molecule has 1 heterocycles. The molecule has 3 rings (SSSR count). The highest BCUT2D eigenvalue weighted by atomic mass is 16.5. The van der Waals surface area contributed by atoms with Gasteiger partial charge in [-0.15, -0.1) is 0 Å². The zero-order valence-electron chi connectivity index (χ0n) is 11.8. The molecule has 1 aromatic carbocycles. The van der Waals surface area contributed by atoms with Crippen LogP contribution in [0.15, 0.2) is 24.3 Å². The largest absolute Gasteiger partial charge is 0.461 e. The summed E-state index contributed by atoms with van der Waals surface area (Å²) in [5, 5.41) is 9.89. The Labute approximate surface area is 119 Å². The van der Waals surface area contributed by atoms with Crippen molar-refractivity contribution in [1.82, 2.24) is 4.90 Å². The number of ether oxygens (including phenoxy) is 1. The van der Waals surface area contributed by atoms with Crippen molar-refractivity contribution < 1.29 is 14.6 Å². The van der Waals surface area contributed by atoms with Crippen molar-refractivity contribution in [2.75, 3.05) is 6.54 Å². The van der Waals surface area contributed by atoms with E-state index >= 15 is 0 Å². The summed E-state index contributed by atoms with van der Waals surface area (Å²) in [5.41, 5.74) is 2.76. The topological polar surface area (TPSA) is 49.8 Å². The van der Waals surface area contributed by atoms with Gasteiger partial charge in [-0.3, -0.25) is 9.69 Å². The molecular formula is C16H21NO3. The smallest absolute Gasteiger partial charge is 0.302 e. The molecule has 0 radical (unpaired) electrons. The molecule has 4 heteroatoms. The van der Waals surface area contributed by atoms with E-state index in [0.717, 1.165) is 19.5 Å². The van der Waals surface area contributed by atoms with Crippen molar-refractivity contribution in [2.45, 2.75) is 51.0 Å². The Morgan fingerprint density at radius 1 is 1.30 bits per heavy atom. The number of rotatable bonds is 2. The fraction of sp³-hybridized carbons (Fsp3) is 0.562. The first-order valence-electron chi connectivity index (χ1n) is 7.29. The number of carbonyl (C=O) groups is 1. The summed E-state index contributed by atoms with van der Waals surface area (Å²) in [6.45, 7) is 3.28. The molecule has 0 bridgehead atoms. The van der Waals surface area contributed by atoms with Crippen LogP contribution in [0.1, 0.15) is 30.9 Å². The van der Waals surface area contributed by atoms with Gasteiger partial charge >= 0.3 is 5.97 Å². The Kier molecular flexibility index (Phi) is 3.76. The molecule has 108 valence electrons. The lowest BCUT2D eigenvalue weighted by Gasteiger charge is -2.36. The van der Waals surface area contributed by atoms with Gasteiger partial charge in [0.2, 0.25) is 0 Å². The average Bonchev–Trinajstić information content (AvgIpc) is 2.78. The molecule has 0 saturated heterocycles. The molecule has 1 aliphatic heterocycles. The van der Waals surface area contributed by atoms with E-state index in [2.05, 4.69) is 29.2 Å². The van der Waals surface area contributed by atoms with E-state index in [9.17, 15) is 9.90 Å². The Balaban J connectivity index is 1.74. The third-order valence-electron chi connectivity index (χ3n) is 4.39. The number of benzene rings is 1. The molecule has 20 heavy (non-hydrogen) atoms. The molecule has 1 saturated carbocycles. The molecule has 1 N–H and O–H groups in total. The molecule has 2 aliphatic rings. The number of hydrogen-bond acceptors (Lipinski definition) is 4. The Bertz CT molecular complexity index is 502. The van der Waals surface area contributed by atoms with Crippen molar-refractivity contribution in [1.29, 1.82) is 0 Å². The highest BCUT2D eigenvalue weighted by Crippen LogP contribution is 2.31. The molecular weight excluding hydrogens is 254 g/mol. The Morgan fingerprint density at radius 2 is 2.05 bits per heavy atom. The lowest BCUT2D eigenvalue weighted by Crippen LogP contribution is -2.44. The van der Waals surface area contributed by atoms with Gasteiger partial charge in [-0.25, -0.2) is 0 Å². The number of carbonyl (C=O) groups excluding carboxylic acids is 1. The number of nitrogens with zero attached hydrogens (tertiary/aromatic N) is 1. The molecule has 0 amide bonds. The average molecular weight is 275 g/mol. The van der Waals surface area contributed by atoms with Crippen LogP contribution in [0.2, 0.25) is 0 Å². The first-order valence-corrected chi connectivity index (χ1v) is 7.29. The second-order valence-electron chi connectivity index (χ2n) is 5.83. The third kappa shape index (κ3) is 2.72. The zero-order chi connectivity index (χ0) is 14.1. The minimum atomic E-state index is -0.360. The van der Waals surface area contributed by atoms with Crippen molar-refractivity contribution in [3.8, 4) is 0 Å². The molecule has 3 atom stereocenters. The monoisotopic (exact) mass is 275 g/mol. The minimum absolute atomic E-state index is 0.141. The summed E-state index contributed by atoms with van der Waals surface area (Å²) in [4.78, 5) is 13.6. The van der Waals surface area contributed by atoms with Crippen LogP contribution in [0.5, 0.6) is 0 Å². The predicted octanol–water partition coefficient (Wildman–Crippen LogP) is 1.50. The predicted molar refractivity (Wildman–Crippen MR) is 75.1 cm³/mol. The van der Waals surface area contributed by atoms with Gasteiger partial charge < -0.3 is 9.84 Å². The first-order chi connectivity index (χ1) is 9.63. The van der Waals surface area contributed by atoms with Gasteiger partial charge in [-0.1, -0.05) is 24.3 Å². The number of esters is 1. The molecule has 0 spiro atoms. The van der Waals surface area contributed by atoms with Gasteiger partial charge in [-0.2, -0.15) is 0 Å². The quantitative estimate of drug-likeness (QED) is 0.831. The third-order valence-corrected chi connectivity index (χ3v) is 4.39. The summed E-state index contributed by atoms with van der Waals surface area (Å²) in [6.07, 6.45) is 1.74. The van der Waals surface area contributed by atoms with Crippen LogP contribution in [0.4, 0.5) is 0 Å². The maximum absolute atomic E-state index is 11.2. The molecule has 1 aromatic rings. The second-order valence-corrected chi connectivity index (χ2v) is 5.83. The molecule has 4 nitrogen and oxygen atoms in total. The van der Waals surface area contributed by atoms with Gasteiger partial charge in [0.15, 0.2) is 0 Å². The van der Waals surface area contributed by atoms with E-state index in [4.69, 9.17) is 4.74 Å². The normalized spacial score (nSPS) is 30.0. The van der Waals surface area contributed by atoms with Crippen LogP contribution in [0.3, 0.4) is 0 Å². The maximum Gasteiger partial charge on any atom is 0.302 e. The zero-order valence-corrected chi connectivity index (χ0v) is 11.8. The highest BCUT2D eigenvalue weighted by molar-refractivity contribution is 5.66. The van der Waals surface area contributed by atoms with E-state index in [-0.39, 0.29) is 24.2 Å². The maximum atomic E-state index is 11.2. The van der Waals surface area contributed by atoms with Crippen LogP contribution in [-0.2, 0) is 22.5 Å². The lowest BCUT2D eigenvalue weighted by molar-refractivity contribution is -0.149. The Morgan fingerprint density at radius 3 is 2.80 bits per heavy atom. The summed E-state index contributed by atoms with van der Waals surface area (Å²) < 4.78 is 5.39. The van der Waals surface area contributed by atoms with Crippen molar-refractivity contribution in [2.24, 2.45) is 0 Å². The standard InChI is InChI=1S/C16H21NO3/c1-11(18)20-16-9-14(19)8-15(16)17-7-6-12-4-2-3-5-13(12)10-17/h2-5,14-16,19H,6-10H2,1H3. The fourth-order valence-corrected chi connectivity index (χ4v) is 3.48. The van der Waals surface area contributed by atoms with Crippen molar-refractivity contribution >= 4 is 5.97 Å². The van der Waals surface area contributed by atoms with Gasteiger partial charge in [0.25, 0.3) is 0 Å². The summed E-state index contributed by atoms with van der Waals surface area (Å²) >= 11 is 0. The van der Waals surface area contributed by atoms with E-state index in [1.165, 1.54) is 18.1 Å². The Hall–Kier alpha value is -1.39. The van der Waals surface area contributed by atoms with Gasteiger partial charge in [0.05, 0.1) is 6.10 Å². The molecule has 1 fully saturated rings. The molecule has 0 aromatic heterocycles. The van der Waals surface area contributed by atoms with Gasteiger partial charge in [0.1, 0.15) is 6.10 Å². The minimum Gasteiger partial charge on any atom is -0.461 e. The first kappa shape index (κ1) is 13.6. The van der Waals surface area contributed by atoms with Crippen LogP contribution in [0, 0.1) is 0 Å². The van der Waals surface area contributed by atoms with Gasteiger partial charge in [0, 0.05) is 32.5 Å². The van der Waals surface area contributed by atoms with Crippen LogP contribution in [0.25, 0.3) is 0 Å². The van der Waals surface area contributed by atoms with E-state index < -0.39 is 0 Å². The van der Waals surface area contributed by atoms with Crippen LogP contribution in [-0.4, -0.2) is 40.8 Å². The summed E-state index contributed by atoms with van der Waals surface area (Å²) in [5.74, 6) is -0.258. The SMILES string of the molecule is CC(=O)OC1CC(O)CC1N1CCc2ccccc2C1. The number of fused-ring (bicyclic) bond motifs is 1. The van der Waals surface area contributed by atoms with Crippen molar-refractivity contribution in [3.63, 3.8) is 0 Å². The van der Waals surface area contributed by atoms with E-state index in [1.54, 1.807) is 0 Å². The highest BCUT2D eigenvalue weighted by Gasteiger charge is 2.39. The number of aliphatic hydroxyl groups excluding tert-OH is 1. The molecule has 1 aliphatic carbocycles. The number of aliphatic hydroxyl groups is 1. The summed E-state index contributed by atoms with van der Waals surface area (Å²) in [6, 6.07) is 8.63. The lowest BCUT2D eigenvalue weighted by atomic mass is 9.98. The van der Waals surface area contributed by atoms with Crippen LogP contribution >= 0.6 is 0 Å². The van der Waals surface area contributed by atoms with Crippen molar-refractivity contribution in [3.05, 3.63) is 35.4 Å².